The third kappa shape index (κ3) is 7.85. The highest BCUT2D eigenvalue weighted by Gasteiger charge is 2.62. The van der Waals surface area contributed by atoms with Gasteiger partial charge in [0.15, 0.2) is 17.9 Å². The number of cyclic esters (lactones) is 1. The Bertz CT molecular complexity index is 1480. The molecule has 11 nitrogen and oxygen atoms in total. The molecule has 286 valence electrons. The molecule has 0 N–H and O–H groups in total. The van der Waals surface area contributed by atoms with Crippen molar-refractivity contribution in [3.63, 3.8) is 0 Å². The van der Waals surface area contributed by atoms with E-state index in [0.29, 0.717) is 23.1 Å². The average Bonchev–Trinajstić information content (AvgIpc) is 3.84. The van der Waals surface area contributed by atoms with E-state index in [0.717, 1.165) is 38.5 Å². The monoisotopic (exact) mass is 722 g/mol. The van der Waals surface area contributed by atoms with Crippen LogP contribution >= 0.6 is 0 Å². The number of hydrogen-bond donors (Lipinski definition) is 0. The van der Waals surface area contributed by atoms with Crippen LogP contribution in [0.2, 0.25) is 0 Å². The van der Waals surface area contributed by atoms with Gasteiger partial charge >= 0.3 is 5.97 Å². The molecule has 0 radical (unpaired) electrons. The fraction of sp³-hybridized carbons (Fsp3) is 0.732. The maximum Gasteiger partial charge on any atom is 0.306 e. The molecule has 2 saturated carbocycles. The van der Waals surface area contributed by atoms with E-state index in [1.807, 2.05) is 27.7 Å². The maximum atomic E-state index is 14.7. The van der Waals surface area contributed by atoms with Gasteiger partial charge < -0.3 is 28.4 Å². The van der Waals surface area contributed by atoms with Crippen molar-refractivity contribution in [2.75, 3.05) is 27.9 Å². The second kappa shape index (κ2) is 17.1. The number of rotatable bonds is 12. The number of aromatic nitrogens is 2. The molecular formula is C41H58N2O9. The van der Waals surface area contributed by atoms with Crippen molar-refractivity contribution < 1.29 is 42.8 Å². The summed E-state index contributed by atoms with van der Waals surface area (Å²) >= 11 is 0. The van der Waals surface area contributed by atoms with Crippen LogP contribution < -0.4 is 0 Å². The van der Waals surface area contributed by atoms with Gasteiger partial charge in [-0.05, 0) is 87.5 Å². The summed E-state index contributed by atoms with van der Waals surface area (Å²) in [6, 6.07) is 0. The summed E-state index contributed by atoms with van der Waals surface area (Å²) in [4.78, 5) is 51.1. The lowest BCUT2D eigenvalue weighted by Crippen LogP contribution is -2.45. The Morgan fingerprint density at radius 3 is 2.29 bits per heavy atom. The number of Topliss-reactive ketones (excluding diaryl/α,β-unsaturated/α-hetero) is 2. The van der Waals surface area contributed by atoms with Crippen LogP contribution in [0.1, 0.15) is 84.6 Å². The largest absolute Gasteiger partial charge is 0.462 e. The van der Waals surface area contributed by atoms with Gasteiger partial charge in [0.2, 0.25) is 0 Å². The van der Waals surface area contributed by atoms with Crippen molar-refractivity contribution in [2.45, 2.75) is 116 Å². The fourth-order valence-electron chi connectivity index (χ4n) is 9.94. The number of methoxy groups -OCH3 is 3. The molecule has 1 saturated heterocycles. The van der Waals surface area contributed by atoms with Gasteiger partial charge in [0.25, 0.3) is 0 Å². The molecule has 0 aromatic carbocycles. The second-order valence-corrected chi connectivity index (χ2v) is 15.8. The fourth-order valence-corrected chi connectivity index (χ4v) is 9.94. The molecule has 4 aliphatic carbocycles. The minimum absolute atomic E-state index is 0.0433. The first kappa shape index (κ1) is 38.9. The Hall–Kier alpha value is -2.83. The summed E-state index contributed by atoms with van der Waals surface area (Å²) < 4.78 is 36.2. The highest BCUT2D eigenvalue weighted by Crippen LogP contribution is 2.63. The van der Waals surface area contributed by atoms with E-state index in [1.165, 1.54) is 6.33 Å². The Morgan fingerprint density at radius 1 is 0.904 bits per heavy atom. The zero-order valence-corrected chi connectivity index (χ0v) is 31.9. The maximum absolute atomic E-state index is 14.7. The van der Waals surface area contributed by atoms with Gasteiger partial charge in [-0.15, -0.1) is 0 Å². The van der Waals surface area contributed by atoms with Crippen molar-refractivity contribution in [1.29, 1.82) is 0 Å². The number of ether oxygens (including phenoxy) is 6. The molecule has 5 unspecified atom stereocenters. The van der Waals surface area contributed by atoms with Gasteiger partial charge in [-0.1, -0.05) is 32.4 Å². The normalized spacial score (nSPS) is 35.8. The molecule has 3 fully saturated rings. The second-order valence-electron chi connectivity index (χ2n) is 15.8. The first-order valence-corrected chi connectivity index (χ1v) is 19.4. The standard InChI is InChI=1S/C41H58N2O9/c1-8-26-12-10-9-11-22(2)39(45)34-16-31-29-13-27(52-41(35(49-7)20-47-5)50-24(4)23(3)48-6)14-30(29)32-15-28(25-18-42-21-43-19-25)40(46)38(32)37(31)33(34)17-36(44)51-26/h15-16,18-19,21-24,26-27,29-33,35,37-38,41H,8-14,17,20H2,1-7H3/t22-,23-,24?,26+,27+,29-,30?,31+,32?,33-,35+,37-,38?,41?/m1/s1. The zero-order chi connectivity index (χ0) is 37.1. The number of allylic oxidation sites excluding steroid dienone is 4. The number of ketones is 2. The zero-order valence-electron chi connectivity index (χ0n) is 31.9. The molecule has 14 atom stereocenters. The van der Waals surface area contributed by atoms with Crippen molar-refractivity contribution in [1.82, 2.24) is 9.97 Å². The summed E-state index contributed by atoms with van der Waals surface area (Å²) in [7, 11) is 4.90. The quantitative estimate of drug-likeness (QED) is 0.191. The average molecular weight is 723 g/mol. The highest BCUT2D eigenvalue weighted by atomic mass is 16.7. The number of carbonyl (C=O) groups is 3. The molecule has 2 heterocycles. The Morgan fingerprint density at radius 2 is 1.62 bits per heavy atom. The Labute approximate surface area is 308 Å². The highest BCUT2D eigenvalue weighted by molar-refractivity contribution is 6.24. The summed E-state index contributed by atoms with van der Waals surface area (Å²) in [5.41, 5.74) is 2.03. The first-order valence-electron chi connectivity index (χ1n) is 19.4. The minimum atomic E-state index is -0.715. The SMILES string of the molecule is CC[C@H]1CCCC[C@@H](C)C(=O)C2=C[C@@H]3[C@@H](C4C(=O)C(c5cncnc5)=CC4C4C[C@@H](OC(OC(C)[C@@H](C)OC)[C@H](COC)OC)C[C@H]43)[C@@H]2CC(=O)O1. The molecule has 0 spiro atoms. The van der Waals surface area contributed by atoms with E-state index in [-0.39, 0.29) is 96.4 Å². The summed E-state index contributed by atoms with van der Waals surface area (Å²) in [6.07, 6.45) is 12.9. The molecule has 0 bridgehead atoms. The van der Waals surface area contributed by atoms with Crippen LogP contribution in [0.25, 0.3) is 5.57 Å². The lowest BCUT2D eigenvalue weighted by molar-refractivity contribution is -0.255. The molecule has 1 aromatic heterocycles. The Balaban J connectivity index is 1.37. The molecule has 0 amide bonds. The predicted octanol–water partition coefficient (Wildman–Crippen LogP) is 5.81. The van der Waals surface area contributed by atoms with Crippen LogP contribution in [0.5, 0.6) is 0 Å². The molecular weight excluding hydrogens is 664 g/mol. The van der Waals surface area contributed by atoms with Crippen LogP contribution in [0.15, 0.2) is 36.4 Å². The van der Waals surface area contributed by atoms with Crippen LogP contribution in [0.4, 0.5) is 0 Å². The van der Waals surface area contributed by atoms with Crippen molar-refractivity contribution in [3.05, 3.63) is 42.0 Å². The minimum Gasteiger partial charge on any atom is -0.462 e. The van der Waals surface area contributed by atoms with Gasteiger partial charge in [0.1, 0.15) is 18.5 Å². The summed E-state index contributed by atoms with van der Waals surface area (Å²) in [6.45, 7) is 8.26. The number of nitrogens with zero attached hydrogens (tertiary/aromatic N) is 2. The van der Waals surface area contributed by atoms with E-state index in [1.54, 1.807) is 33.7 Å². The molecule has 52 heavy (non-hydrogen) atoms. The topological polar surface area (TPSA) is 132 Å². The van der Waals surface area contributed by atoms with Crippen LogP contribution in [-0.4, -0.2) is 92.2 Å². The predicted molar refractivity (Wildman–Crippen MR) is 193 cm³/mol. The van der Waals surface area contributed by atoms with E-state index in [2.05, 4.69) is 22.1 Å². The molecule has 6 rings (SSSR count). The van der Waals surface area contributed by atoms with E-state index in [4.69, 9.17) is 28.4 Å². The van der Waals surface area contributed by atoms with E-state index in [9.17, 15) is 14.4 Å². The summed E-state index contributed by atoms with van der Waals surface area (Å²) in [5.74, 6) is -1.21. The van der Waals surface area contributed by atoms with Crippen molar-refractivity contribution in [3.8, 4) is 0 Å². The van der Waals surface area contributed by atoms with Gasteiger partial charge in [0.05, 0.1) is 31.3 Å². The lowest BCUT2D eigenvalue weighted by Gasteiger charge is -2.45. The third-order valence-corrected chi connectivity index (χ3v) is 12.8. The van der Waals surface area contributed by atoms with Crippen molar-refractivity contribution >= 4 is 23.1 Å². The van der Waals surface area contributed by atoms with E-state index < -0.39 is 18.3 Å². The number of hydrogen-bond acceptors (Lipinski definition) is 11. The first-order chi connectivity index (χ1) is 25.1. The van der Waals surface area contributed by atoms with Gasteiger partial charge in [-0.3, -0.25) is 14.4 Å². The van der Waals surface area contributed by atoms with Crippen LogP contribution in [0.3, 0.4) is 0 Å². The molecule has 11 heteroatoms. The lowest BCUT2D eigenvalue weighted by atomic mass is 9.57. The molecule has 1 aliphatic heterocycles. The van der Waals surface area contributed by atoms with E-state index >= 15 is 0 Å². The van der Waals surface area contributed by atoms with Crippen LogP contribution in [0, 0.1) is 47.3 Å². The van der Waals surface area contributed by atoms with Crippen LogP contribution in [-0.2, 0) is 42.8 Å². The number of fused-ring (bicyclic) bond motifs is 8. The van der Waals surface area contributed by atoms with Gasteiger partial charge in [-0.2, -0.15) is 0 Å². The molecule has 1 aromatic rings. The Kier molecular flexibility index (Phi) is 12.8. The number of carbonyl (C=O) groups excluding carboxylic acids is 3. The number of esters is 1. The third-order valence-electron chi connectivity index (χ3n) is 12.8. The summed E-state index contributed by atoms with van der Waals surface area (Å²) in [5, 5.41) is 0. The van der Waals surface area contributed by atoms with Gasteiger partial charge in [0, 0.05) is 62.6 Å². The van der Waals surface area contributed by atoms with Crippen molar-refractivity contribution in [2.24, 2.45) is 47.3 Å². The van der Waals surface area contributed by atoms with Gasteiger partial charge in [-0.25, -0.2) is 9.97 Å². The smallest absolute Gasteiger partial charge is 0.306 e. The molecule has 5 aliphatic rings.